The van der Waals surface area contributed by atoms with Gasteiger partial charge in [0.1, 0.15) is 5.82 Å². The molecule has 1 saturated heterocycles. The van der Waals surface area contributed by atoms with Gasteiger partial charge in [0, 0.05) is 25.2 Å². The zero-order valence-corrected chi connectivity index (χ0v) is 11.5. The van der Waals surface area contributed by atoms with Crippen LogP contribution >= 0.6 is 11.6 Å². The Morgan fingerprint density at radius 3 is 2.65 bits per heavy atom. The van der Waals surface area contributed by atoms with E-state index in [2.05, 4.69) is 29.8 Å². The summed E-state index contributed by atoms with van der Waals surface area (Å²) < 4.78 is 0. The lowest BCUT2D eigenvalue weighted by Gasteiger charge is -2.33. The molecule has 1 aliphatic rings. The van der Waals surface area contributed by atoms with Gasteiger partial charge in [-0.1, -0.05) is 13.3 Å². The lowest BCUT2D eigenvalue weighted by atomic mass is 9.94. The van der Waals surface area contributed by atoms with Crippen molar-refractivity contribution in [2.45, 2.75) is 39.0 Å². The SMILES string of the molecule is CCC1CCN(c2ncc(CCl)cc2C)CC1. The molecular weight excluding hydrogens is 232 g/mol. The van der Waals surface area contributed by atoms with Crippen LogP contribution in [0.4, 0.5) is 5.82 Å². The normalized spacial score (nSPS) is 17.5. The van der Waals surface area contributed by atoms with Gasteiger partial charge in [-0.3, -0.25) is 0 Å². The third-order valence-electron chi connectivity index (χ3n) is 3.75. The zero-order valence-electron chi connectivity index (χ0n) is 10.7. The number of hydrogen-bond acceptors (Lipinski definition) is 2. The molecule has 0 amide bonds. The Bertz CT molecular complexity index is 370. The minimum Gasteiger partial charge on any atom is -0.356 e. The number of hydrogen-bond donors (Lipinski definition) is 0. The molecule has 1 aromatic rings. The van der Waals surface area contributed by atoms with Crippen molar-refractivity contribution in [3.05, 3.63) is 23.4 Å². The van der Waals surface area contributed by atoms with E-state index in [-0.39, 0.29) is 0 Å². The third kappa shape index (κ3) is 2.92. The van der Waals surface area contributed by atoms with E-state index in [0.717, 1.165) is 30.4 Å². The van der Waals surface area contributed by atoms with Crippen LogP contribution in [-0.2, 0) is 5.88 Å². The Morgan fingerprint density at radius 2 is 2.12 bits per heavy atom. The summed E-state index contributed by atoms with van der Waals surface area (Å²) in [6.07, 6.45) is 5.82. The first-order valence-electron chi connectivity index (χ1n) is 6.51. The first-order chi connectivity index (χ1) is 8.24. The molecule has 3 heteroatoms. The van der Waals surface area contributed by atoms with Gasteiger partial charge in [0.05, 0.1) is 0 Å². The molecule has 2 heterocycles. The Balaban J connectivity index is 2.08. The second kappa shape index (κ2) is 5.72. The molecule has 1 aromatic heterocycles. The van der Waals surface area contributed by atoms with Crippen LogP contribution in [0, 0.1) is 12.8 Å². The summed E-state index contributed by atoms with van der Waals surface area (Å²) in [6.45, 7) is 6.71. The van der Waals surface area contributed by atoms with Crippen LogP contribution in [0.25, 0.3) is 0 Å². The van der Waals surface area contributed by atoms with Gasteiger partial charge >= 0.3 is 0 Å². The number of pyridine rings is 1. The number of aryl methyl sites for hydroxylation is 1. The second-order valence-electron chi connectivity index (χ2n) is 4.96. The van der Waals surface area contributed by atoms with Crippen molar-refractivity contribution in [2.24, 2.45) is 5.92 Å². The first-order valence-corrected chi connectivity index (χ1v) is 7.04. The summed E-state index contributed by atoms with van der Waals surface area (Å²) in [5, 5.41) is 0. The van der Waals surface area contributed by atoms with Gasteiger partial charge in [0.2, 0.25) is 0 Å². The van der Waals surface area contributed by atoms with E-state index in [4.69, 9.17) is 11.6 Å². The minimum absolute atomic E-state index is 0.548. The van der Waals surface area contributed by atoms with E-state index in [1.54, 1.807) is 0 Å². The molecule has 0 aromatic carbocycles. The van der Waals surface area contributed by atoms with Crippen molar-refractivity contribution in [3.63, 3.8) is 0 Å². The standard InChI is InChI=1S/C14H21ClN2/c1-3-12-4-6-17(7-5-12)14-11(2)8-13(9-15)10-16-14/h8,10,12H,3-7,9H2,1-2H3. The van der Waals surface area contributed by atoms with E-state index < -0.39 is 0 Å². The fourth-order valence-electron chi connectivity index (χ4n) is 2.58. The molecule has 0 radical (unpaired) electrons. The fraction of sp³-hybridized carbons (Fsp3) is 0.643. The molecular formula is C14H21ClN2. The highest BCUT2D eigenvalue weighted by Crippen LogP contribution is 2.26. The van der Waals surface area contributed by atoms with Gasteiger partial charge in [-0.05, 0) is 42.9 Å². The molecule has 2 nitrogen and oxygen atoms in total. The number of aromatic nitrogens is 1. The molecule has 2 rings (SSSR count). The maximum absolute atomic E-state index is 5.82. The Kier molecular flexibility index (Phi) is 4.27. The number of anilines is 1. The van der Waals surface area contributed by atoms with E-state index in [1.807, 2.05) is 6.20 Å². The van der Waals surface area contributed by atoms with Crippen LogP contribution in [0.2, 0.25) is 0 Å². The molecule has 17 heavy (non-hydrogen) atoms. The highest BCUT2D eigenvalue weighted by molar-refractivity contribution is 6.17. The van der Waals surface area contributed by atoms with Crippen molar-refractivity contribution in [2.75, 3.05) is 18.0 Å². The number of halogens is 1. The van der Waals surface area contributed by atoms with Crippen LogP contribution in [0.3, 0.4) is 0 Å². The van der Waals surface area contributed by atoms with E-state index in [1.165, 1.54) is 24.8 Å². The van der Waals surface area contributed by atoms with Crippen molar-refractivity contribution in [3.8, 4) is 0 Å². The Labute approximate surface area is 109 Å². The maximum atomic E-state index is 5.82. The summed E-state index contributed by atoms with van der Waals surface area (Å²) >= 11 is 5.82. The van der Waals surface area contributed by atoms with Gasteiger partial charge in [0.25, 0.3) is 0 Å². The van der Waals surface area contributed by atoms with E-state index >= 15 is 0 Å². The molecule has 0 spiro atoms. The van der Waals surface area contributed by atoms with Crippen LogP contribution in [-0.4, -0.2) is 18.1 Å². The Morgan fingerprint density at radius 1 is 1.41 bits per heavy atom. The quantitative estimate of drug-likeness (QED) is 0.762. The number of piperidine rings is 1. The van der Waals surface area contributed by atoms with Crippen molar-refractivity contribution in [1.29, 1.82) is 0 Å². The van der Waals surface area contributed by atoms with E-state index in [9.17, 15) is 0 Å². The van der Waals surface area contributed by atoms with Gasteiger partial charge in [0.15, 0.2) is 0 Å². The minimum atomic E-state index is 0.548. The summed E-state index contributed by atoms with van der Waals surface area (Å²) in [5.74, 6) is 2.61. The number of alkyl halides is 1. The molecule has 0 bridgehead atoms. The topological polar surface area (TPSA) is 16.1 Å². The predicted octanol–water partition coefficient (Wildman–Crippen LogP) is 3.76. The highest BCUT2D eigenvalue weighted by atomic mass is 35.5. The predicted molar refractivity (Wildman–Crippen MR) is 73.8 cm³/mol. The zero-order chi connectivity index (χ0) is 12.3. The highest BCUT2D eigenvalue weighted by Gasteiger charge is 2.19. The summed E-state index contributed by atoms with van der Waals surface area (Å²) in [7, 11) is 0. The molecule has 0 saturated carbocycles. The number of rotatable bonds is 3. The molecule has 0 aliphatic carbocycles. The fourth-order valence-corrected chi connectivity index (χ4v) is 2.73. The molecule has 0 N–H and O–H groups in total. The summed E-state index contributed by atoms with van der Waals surface area (Å²) in [6, 6.07) is 2.15. The lowest BCUT2D eigenvalue weighted by molar-refractivity contribution is 0.393. The van der Waals surface area contributed by atoms with Crippen molar-refractivity contribution in [1.82, 2.24) is 4.98 Å². The van der Waals surface area contributed by atoms with Crippen molar-refractivity contribution < 1.29 is 0 Å². The summed E-state index contributed by atoms with van der Waals surface area (Å²) in [4.78, 5) is 6.98. The molecule has 94 valence electrons. The summed E-state index contributed by atoms with van der Waals surface area (Å²) in [5.41, 5.74) is 2.36. The monoisotopic (exact) mass is 252 g/mol. The molecule has 1 aliphatic heterocycles. The first kappa shape index (κ1) is 12.7. The van der Waals surface area contributed by atoms with Gasteiger partial charge < -0.3 is 4.90 Å². The smallest absolute Gasteiger partial charge is 0.131 e. The van der Waals surface area contributed by atoms with Crippen LogP contribution < -0.4 is 4.90 Å². The molecule has 0 unspecified atom stereocenters. The van der Waals surface area contributed by atoms with Crippen LogP contribution in [0.5, 0.6) is 0 Å². The second-order valence-corrected chi connectivity index (χ2v) is 5.22. The Hall–Kier alpha value is -0.760. The third-order valence-corrected chi connectivity index (χ3v) is 4.06. The lowest BCUT2D eigenvalue weighted by Crippen LogP contribution is -2.34. The van der Waals surface area contributed by atoms with Gasteiger partial charge in [-0.25, -0.2) is 4.98 Å². The van der Waals surface area contributed by atoms with E-state index in [0.29, 0.717) is 5.88 Å². The number of nitrogens with zero attached hydrogens (tertiary/aromatic N) is 2. The molecule has 1 fully saturated rings. The average Bonchev–Trinajstić information content (AvgIpc) is 2.39. The maximum Gasteiger partial charge on any atom is 0.131 e. The molecule has 0 atom stereocenters. The van der Waals surface area contributed by atoms with Crippen LogP contribution in [0.1, 0.15) is 37.3 Å². The largest absolute Gasteiger partial charge is 0.356 e. The van der Waals surface area contributed by atoms with Crippen molar-refractivity contribution >= 4 is 17.4 Å². The average molecular weight is 253 g/mol. The van der Waals surface area contributed by atoms with Gasteiger partial charge in [-0.2, -0.15) is 0 Å². The van der Waals surface area contributed by atoms with Crippen LogP contribution in [0.15, 0.2) is 12.3 Å². The van der Waals surface area contributed by atoms with Gasteiger partial charge in [-0.15, -0.1) is 11.6 Å².